The second-order valence-corrected chi connectivity index (χ2v) is 8.94. The average Bonchev–Trinajstić information content (AvgIpc) is 2.86. The van der Waals surface area contributed by atoms with Crippen molar-refractivity contribution < 1.29 is 34.2 Å². The van der Waals surface area contributed by atoms with Gasteiger partial charge in [-0.2, -0.15) is 0 Å². The monoisotopic (exact) mass is 550 g/mol. The van der Waals surface area contributed by atoms with Gasteiger partial charge in [0.25, 0.3) is 0 Å². The van der Waals surface area contributed by atoms with Crippen LogP contribution in [-0.2, 0) is 30.4 Å². The molecular formula is C24H38N8O7. The molecule has 5 unspecified atom stereocenters. The third-order valence-corrected chi connectivity index (χ3v) is 5.57. The number of guanidine groups is 1. The average molecular weight is 551 g/mol. The zero-order valence-corrected chi connectivity index (χ0v) is 21.7. The van der Waals surface area contributed by atoms with Crippen molar-refractivity contribution in [2.45, 2.75) is 69.3 Å². The largest absolute Gasteiger partial charge is 0.480 e. The normalized spacial score (nSPS) is 14.5. The maximum absolute atomic E-state index is 13.0. The van der Waals surface area contributed by atoms with Crippen LogP contribution in [0.1, 0.15) is 38.2 Å². The SMILES string of the molecule is CC(O)C(NC(=O)C(N)Cc1ccccc1)C(=O)NC(CCC(N)=O)C(=O)NC(CCCN=C(N)N)C(=O)O. The van der Waals surface area contributed by atoms with E-state index in [0.717, 1.165) is 5.56 Å². The maximum atomic E-state index is 13.0. The van der Waals surface area contributed by atoms with Gasteiger partial charge in [0.05, 0.1) is 12.1 Å². The molecule has 15 nitrogen and oxygen atoms in total. The summed E-state index contributed by atoms with van der Waals surface area (Å²) in [5, 5.41) is 26.7. The summed E-state index contributed by atoms with van der Waals surface area (Å²) in [5.41, 5.74) is 22.4. The molecule has 5 atom stereocenters. The molecule has 0 aliphatic carbocycles. The molecule has 216 valence electrons. The molecule has 0 heterocycles. The van der Waals surface area contributed by atoms with Crippen LogP contribution in [0.5, 0.6) is 0 Å². The number of rotatable bonds is 17. The van der Waals surface area contributed by atoms with Crippen LogP contribution in [0.4, 0.5) is 0 Å². The van der Waals surface area contributed by atoms with Gasteiger partial charge in [-0.25, -0.2) is 4.79 Å². The van der Waals surface area contributed by atoms with Crippen LogP contribution < -0.4 is 38.9 Å². The second kappa shape index (κ2) is 16.6. The molecule has 1 aromatic rings. The Balaban J connectivity index is 2.93. The number of benzene rings is 1. The van der Waals surface area contributed by atoms with E-state index in [0.29, 0.717) is 0 Å². The Hall–Kier alpha value is -4.24. The molecule has 0 aliphatic rings. The smallest absolute Gasteiger partial charge is 0.326 e. The van der Waals surface area contributed by atoms with Crippen LogP contribution in [0.15, 0.2) is 35.3 Å². The van der Waals surface area contributed by atoms with Gasteiger partial charge in [0, 0.05) is 13.0 Å². The zero-order valence-electron chi connectivity index (χ0n) is 21.7. The number of nitrogens with zero attached hydrogens (tertiary/aromatic N) is 1. The number of amides is 4. The highest BCUT2D eigenvalue weighted by molar-refractivity contribution is 5.94. The van der Waals surface area contributed by atoms with E-state index >= 15 is 0 Å². The highest BCUT2D eigenvalue weighted by atomic mass is 16.4. The maximum Gasteiger partial charge on any atom is 0.326 e. The summed E-state index contributed by atoms with van der Waals surface area (Å²) in [6, 6.07) is 3.63. The summed E-state index contributed by atoms with van der Waals surface area (Å²) in [7, 11) is 0. The predicted molar refractivity (Wildman–Crippen MR) is 142 cm³/mol. The van der Waals surface area contributed by atoms with Crippen molar-refractivity contribution >= 4 is 35.6 Å². The van der Waals surface area contributed by atoms with Crippen LogP contribution in [0, 0.1) is 0 Å². The van der Waals surface area contributed by atoms with Gasteiger partial charge in [-0.3, -0.25) is 24.2 Å². The van der Waals surface area contributed by atoms with Crippen molar-refractivity contribution in [2.75, 3.05) is 6.54 Å². The minimum absolute atomic E-state index is 0.0278. The lowest BCUT2D eigenvalue weighted by Crippen LogP contribution is -2.60. The van der Waals surface area contributed by atoms with E-state index in [1.54, 1.807) is 30.3 Å². The zero-order chi connectivity index (χ0) is 29.5. The lowest BCUT2D eigenvalue weighted by atomic mass is 10.0. The molecule has 1 aromatic carbocycles. The van der Waals surface area contributed by atoms with Crippen LogP contribution in [0.3, 0.4) is 0 Å². The van der Waals surface area contributed by atoms with E-state index in [4.69, 9.17) is 22.9 Å². The Labute approximate surface area is 225 Å². The molecule has 0 aliphatic heterocycles. The van der Waals surface area contributed by atoms with Crippen LogP contribution in [0.25, 0.3) is 0 Å². The molecule has 0 fully saturated rings. The topological polar surface area (TPSA) is 278 Å². The molecule has 15 heteroatoms. The van der Waals surface area contributed by atoms with Crippen molar-refractivity contribution in [1.82, 2.24) is 16.0 Å². The van der Waals surface area contributed by atoms with Gasteiger partial charge in [-0.05, 0) is 38.2 Å². The van der Waals surface area contributed by atoms with Crippen molar-refractivity contribution in [3.63, 3.8) is 0 Å². The van der Waals surface area contributed by atoms with E-state index in [-0.39, 0.29) is 44.6 Å². The van der Waals surface area contributed by atoms with E-state index in [9.17, 15) is 34.2 Å². The van der Waals surface area contributed by atoms with Gasteiger partial charge < -0.3 is 49.1 Å². The summed E-state index contributed by atoms with van der Waals surface area (Å²) in [4.78, 5) is 65.2. The number of carboxylic acids is 1. The standard InChI is InChI=1S/C24H38N8O7/c1-13(33)19(32-20(35)15(25)12-14-6-3-2-4-7-14)22(37)30-16(9-10-18(26)34)21(36)31-17(23(38)39)8-5-11-29-24(27)28/h2-4,6-7,13,15-17,19,33H,5,8-12,25H2,1H3,(H2,26,34)(H,30,37)(H,31,36)(H,32,35)(H,38,39)(H4,27,28,29). The van der Waals surface area contributed by atoms with E-state index in [2.05, 4.69) is 20.9 Å². The fraction of sp³-hybridized carbons (Fsp3) is 0.500. The molecule has 13 N–H and O–H groups in total. The first-order chi connectivity index (χ1) is 18.3. The number of nitrogens with two attached hydrogens (primary N) is 4. The van der Waals surface area contributed by atoms with Gasteiger partial charge in [-0.1, -0.05) is 30.3 Å². The third-order valence-electron chi connectivity index (χ3n) is 5.57. The minimum atomic E-state index is -1.50. The van der Waals surface area contributed by atoms with Gasteiger partial charge in [0.2, 0.25) is 23.6 Å². The molecular weight excluding hydrogens is 512 g/mol. The Morgan fingerprint density at radius 1 is 0.897 bits per heavy atom. The van der Waals surface area contributed by atoms with Gasteiger partial charge >= 0.3 is 5.97 Å². The molecule has 0 saturated heterocycles. The summed E-state index contributed by atoms with van der Waals surface area (Å²) in [6.45, 7) is 1.38. The number of nitrogens with one attached hydrogen (secondary N) is 3. The highest BCUT2D eigenvalue weighted by Gasteiger charge is 2.32. The summed E-state index contributed by atoms with van der Waals surface area (Å²) in [6.07, 6.45) is -1.59. The Kier molecular flexibility index (Phi) is 13.9. The number of hydrogen-bond donors (Lipinski definition) is 9. The number of aliphatic carboxylic acids is 1. The number of carbonyl (C=O) groups excluding carboxylic acids is 4. The van der Waals surface area contributed by atoms with E-state index < -0.39 is 59.9 Å². The number of hydrogen-bond acceptors (Lipinski definition) is 8. The molecule has 0 radical (unpaired) electrons. The fourth-order valence-electron chi connectivity index (χ4n) is 3.48. The van der Waals surface area contributed by atoms with Crippen LogP contribution in [-0.4, -0.2) is 82.6 Å². The summed E-state index contributed by atoms with van der Waals surface area (Å²) < 4.78 is 0. The van der Waals surface area contributed by atoms with Crippen molar-refractivity contribution in [3.8, 4) is 0 Å². The van der Waals surface area contributed by atoms with Crippen molar-refractivity contribution in [2.24, 2.45) is 27.9 Å². The highest BCUT2D eigenvalue weighted by Crippen LogP contribution is 2.06. The molecule has 0 bridgehead atoms. The molecule has 0 aromatic heterocycles. The van der Waals surface area contributed by atoms with Crippen LogP contribution >= 0.6 is 0 Å². The van der Waals surface area contributed by atoms with E-state index in [1.807, 2.05) is 0 Å². The van der Waals surface area contributed by atoms with Crippen molar-refractivity contribution in [1.29, 1.82) is 0 Å². The Bertz CT molecular complexity index is 1010. The number of carbonyl (C=O) groups is 5. The lowest BCUT2D eigenvalue weighted by molar-refractivity contribution is -0.142. The van der Waals surface area contributed by atoms with Crippen molar-refractivity contribution in [3.05, 3.63) is 35.9 Å². The molecule has 39 heavy (non-hydrogen) atoms. The first-order valence-corrected chi connectivity index (χ1v) is 12.3. The summed E-state index contributed by atoms with van der Waals surface area (Å²) >= 11 is 0. The first kappa shape index (κ1) is 32.8. The van der Waals surface area contributed by atoms with E-state index in [1.165, 1.54) is 6.92 Å². The molecule has 4 amide bonds. The first-order valence-electron chi connectivity index (χ1n) is 12.3. The summed E-state index contributed by atoms with van der Waals surface area (Å²) in [5.74, 6) is -4.84. The number of aliphatic hydroxyl groups excluding tert-OH is 1. The quantitative estimate of drug-likeness (QED) is 0.0531. The number of carboxylic acid groups (broad SMARTS) is 1. The fourth-order valence-corrected chi connectivity index (χ4v) is 3.48. The predicted octanol–water partition coefficient (Wildman–Crippen LogP) is -3.20. The molecule has 1 rings (SSSR count). The third kappa shape index (κ3) is 12.7. The van der Waals surface area contributed by atoms with Gasteiger partial charge in [0.1, 0.15) is 18.1 Å². The minimum Gasteiger partial charge on any atom is -0.480 e. The van der Waals surface area contributed by atoms with Gasteiger partial charge in [-0.15, -0.1) is 0 Å². The number of primary amides is 1. The lowest BCUT2D eigenvalue weighted by Gasteiger charge is -2.26. The Morgan fingerprint density at radius 3 is 2.05 bits per heavy atom. The van der Waals surface area contributed by atoms with Crippen LogP contribution in [0.2, 0.25) is 0 Å². The molecule has 0 saturated carbocycles. The molecule has 0 spiro atoms. The Morgan fingerprint density at radius 2 is 1.51 bits per heavy atom. The second-order valence-electron chi connectivity index (χ2n) is 8.94. The number of aliphatic hydroxyl groups is 1. The van der Waals surface area contributed by atoms with Gasteiger partial charge in [0.15, 0.2) is 5.96 Å². The number of aliphatic imine (C=N–C) groups is 1.